The lowest BCUT2D eigenvalue weighted by atomic mass is 10.1. The monoisotopic (exact) mass is 338 g/mol. The molecule has 0 aromatic heterocycles. The Morgan fingerprint density at radius 2 is 1.79 bits per heavy atom. The molecule has 0 unspecified atom stereocenters. The lowest BCUT2D eigenvalue weighted by Gasteiger charge is -2.09. The highest BCUT2D eigenvalue weighted by molar-refractivity contribution is 5.79. The zero-order chi connectivity index (χ0) is 17.7. The average molecular weight is 338 g/mol. The molecule has 2 aromatic rings. The Labute approximate surface area is 135 Å². The first-order valence-electron chi connectivity index (χ1n) is 6.92. The number of nitro groups is 1. The number of hydrogen-bond donors (Lipinski definition) is 1. The fourth-order valence-corrected chi connectivity index (χ4v) is 2.09. The molecule has 0 saturated heterocycles. The normalized spacial score (nSPS) is 11.1. The van der Waals surface area contributed by atoms with E-state index < -0.39 is 28.3 Å². The van der Waals surface area contributed by atoms with Gasteiger partial charge < -0.3 is 5.32 Å². The van der Waals surface area contributed by atoms with E-state index in [4.69, 9.17) is 0 Å². The number of nitro benzene ring substituents is 1. The maximum atomic E-state index is 12.6. The Kier molecular flexibility index (Phi) is 5.18. The molecule has 0 atom stereocenters. The number of nitrogens with zero attached hydrogens (tertiary/aromatic N) is 1. The van der Waals surface area contributed by atoms with Gasteiger partial charge in [-0.15, -0.1) is 0 Å². The molecule has 0 spiro atoms. The quantitative estimate of drug-likeness (QED) is 0.670. The molecule has 0 aliphatic heterocycles. The molecule has 0 fully saturated rings. The zero-order valence-electron chi connectivity index (χ0n) is 12.3. The van der Waals surface area contributed by atoms with Gasteiger partial charge in [0.05, 0.1) is 16.9 Å². The topological polar surface area (TPSA) is 72.2 Å². The van der Waals surface area contributed by atoms with E-state index in [2.05, 4.69) is 5.32 Å². The van der Waals surface area contributed by atoms with E-state index in [-0.39, 0.29) is 18.5 Å². The van der Waals surface area contributed by atoms with Gasteiger partial charge in [-0.3, -0.25) is 14.9 Å². The predicted molar refractivity (Wildman–Crippen MR) is 80.1 cm³/mol. The van der Waals surface area contributed by atoms with Crippen LogP contribution in [-0.4, -0.2) is 10.8 Å². The van der Waals surface area contributed by atoms with Crippen LogP contribution in [0.25, 0.3) is 0 Å². The highest BCUT2D eigenvalue weighted by Gasteiger charge is 2.33. The van der Waals surface area contributed by atoms with Gasteiger partial charge in [0.15, 0.2) is 0 Å². The molecule has 126 valence electrons. The van der Waals surface area contributed by atoms with Crippen LogP contribution in [0.15, 0.2) is 48.5 Å². The third-order valence-electron chi connectivity index (χ3n) is 3.29. The Morgan fingerprint density at radius 1 is 1.12 bits per heavy atom. The number of hydrogen-bond acceptors (Lipinski definition) is 3. The molecule has 1 amide bonds. The summed E-state index contributed by atoms with van der Waals surface area (Å²) < 4.78 is 37.9. The van der Waals surface area contributed by atoms with E-state index in [9.17, 15) is 28.1 Å². The van der Waals surface area contributed by atoms with Crippen LogP contribution in [0.5, 0.6) is 0 Å². The van der Waals surface area contributed by atoms with Crippen LogP contribution in [0.3, 0.4) is 0 Å². The first-order chi connectivity index (χ1) is 11.3. The molecular weight excluding hydrogens is 325 g/mol. The van der Waals surface area contributed by atoms with E-state index in [0.29, 0.717) is 6.07 Å². The Morgan fingerprint density at radius 3 is 2.38 bits per heavy atom. The number of halogens is 3. The minimum Gasteiger partial charge on any atom is -0.352 e. The van der Waals surface area contributed by atoms with E-state index in [1.165, 1.54) is 0 Å². The number of carbonyl (C=O) groups excluding carboxylic acids is 1. The molecule has 0 aliphatic carbocycles. The second-order valence-electron chi connectivity index (χ2n) is 5.04. The molecule has 0 radical (unpaired) electrons. The molecule has 2 rings (SSSR count). The summed E-state index contributed by atoms with van der Waals surface area (Å²) >= 11 is 0. The summed E-state index contributed by atoms with van der Waals surface area (Å²) in [7, 11) is 0. The van der Waals surface area contributed by atoms with Crippen molar-refractivity contribution in [1.29, 1.82) is 0 Å². The van der Waals surface area contributed by atoms with E-state index in [0.717, 1.165) is 17.7 Å². The van der Waals surface area contributed by atoms with E-state index in [1.54, 1.807) is 24.3 Å². The van der Waals surface area contributed by atoms with Crippen LogP contribution in [0.4, 0.5) is 18.9 Å². The molecule has 0 bridgehead atoms. The largest absolute Gasteiger partial charge is 0.416 e. The second-order valence-corrected chi connectivity index (χ2v) is 5.04. The summed E-state index contributed by atoms with van der Waals surface area (Å²) in [5.74, 6) is -0.512. The lowest BCUT2D eigenvalue weighted by molar-refractivity contribution is -0.385. The lowest BCUT2D eigenvalue weighted by Crippen LogP contribution is -2.25. The van der Waals surface area contributed by atoms with Crippen LogP contribution in [-0.2, 0) is 23.9 Å². The van der Waals surface area contributed by atoms with Crippen molar-refractivity contribution in [3.05, 3.63) is 75.3 Å². The van der Waals surface area contributed by atoms with Crippen molar-refractivity contribution in [1.82, 2.24) is 5.32 Å². The number of amides is 1. The number of benzene rings is 2. The van der Waals surface area contributed by atoms with Gasteiger partial charge in [-0.05, 0) is 11.6 Å². The average Bonchev–Trinajstić information content (AvgIpc) is 2.53. The van der Waals surface area contributed by atoms with Crippen molar-refractivity contribution >= 4 is 11.6 Å². The number of rotatable bonds is 5. The van der Waals surface area contributed by atoms with Gasteiger partial charge in [-0.1, -0.05) is 36.4 Å². The predicted octanol–water partition coefficient (Wildman–Crippen LogP) is 3.47. The molecule has 5 nitrogen and oxygen atoms in total. The Balaban J connectivity index is 2.11. The van der Waals surface area contributed by atoms with E-state index in [1.807, 2.05) is 6.07 Å². The van der Waals surface area contributed by atoms with Gasteiger partial charge >= 0.3 is 6.18 Å². The van der Waals surface area contributed by atoms with Crippen LogP contribution >= 0.6 is 0 Å². The van der Waals surface area contributed by atoms with Gasteiger partial charge in [-0.25, -0.2) is 0 Å². The van der Waals surface area contributed by atoms with Crippen molar-refractivity contribution in [3.63, 3.8) is 0 Å². The van der Waals surface area contributed by atoms with Gasteiger partial charge in [0.25, 0.3) is 5.69 Å². The number of nitrogens with one attached hydrogen (secondary N) is 1. The maximum absolute atomic E-state index is 12.6. The Bertz CT molecular complexity index is 746. The summed E-state index contributed by atoms with van der Waals surface area (Å²) in [5, 5.41) is 13.5. The summed E-state index contributed by atoms with van der Waals surface area (Å²) in [6.45, 7) is 0.230. The SMILES string of the molecule is O=C(Cc1ccc(C(F)(F)F)cc1[N+](=O)[O-])NCc1ccccc1. The third-order valence-corrected chi connectivity index (χ3v) is 3.29. The molecule has 0 heterocycles. The summed E-state index contributed by atoms with van der Waals surface area (Å²) in [6, 6.07) is 11.1. The fraction of sp³-hybridized carbons (Fsp3) is 0.188. The van der Waals surface area contributed by atoms with Crippen LogP contribution < -0.4 is 5.32 Å². The minimum absolute atomic E-state index is 0.0708. The second kappa shape index (κ2) is 7.12. The van der Waals surface area contributed by atoms with Gasteiger partial charge in [0.2, 0.25) is 5.91 Å². The van der Waals surface area contributed by atoms with Gasteiger partial charge in [0, 0.05) is 18.2 Å². The Hall–Kier alpha value is -2.90. The minimum atomic E-state index is -4.68. The van der Waals surface area contributed by atoms with Crippen LogP contribution in [0.1, 0.15) is 16.7 Å². The molecular formula is C16H13F3N2O3. The number of carbonyl (C=O) groups is 1. The van der Waals surface area contributed by atoms with Crippen molar-refractivity contribution in [2.75, 3.05) is 0 Å². The smallest absolute Gasteiger partial charge is 0.352 e. The highest BCUT2D eigenvalue weighted by Crippen LogP contribution is 2.33. The van der Waals surface area contributed by atoms with Crippen LogP contribution in [0.2, 0.25) is 0 Å². The van der Waals surface area contributed by atoms with Crippen molar-refractivity contribution in [2.45, 2.75) is 19.1 Å². The van der Waals surface area contributed by atoms with E-state index >= 15 is 0 Å². The first-order valence-corrected chi connectivity index (χ1v) is 6.92. The molecule has 1 N–H and O–H groups in total. The van der Waals surface area contributed by atoms with Crippen molar-refractivity contribution in [2.24, 2.45) is 0 Å². The molecule has 8 heteroatoms. The molecule has 0 aliphatic rings. The van der Waals surface area contributed by atoms with Crippen LogP contribution in [0, 0.1) is 10.1 Å². The van der Waals surface area contributed by atoms with Crippen molar-refractivity contribution < 1.29 is 22.9 Å². The van der Waals surface area contributed by atoms with Gasteiger partial charge in [-0.2, -0.15) is 13.2 Å². The first kappa shape index (κ1) is 17.5. The fourth-order valence-electron chi connectivity index (χ4n) is 2.09. The van der Waals surface area contributed by atoms with Crippen molar-refractivity contribution in [3.8, 4) is 0 Å². The highest BCUT2D eigenvalue weighted by atomic mass is 19.4. The standard InChI is InChI=1S/C16H13F3N2O3/c17-16(18,19)13-7-6-12(14(9-13)21(23)24)8-15(22)20-10-11-4-2-1-3-5-11/h1-7,9H,8,10H2,(H,20,22). The molecule has 2 aromatic carbocycles. The van der Waals surface area contributed by atoms with Gasteiger partial charge in [0.1, 0.15) is 0 Å². The zero-order valence-corrected chi connectivity index (χ0v) is 12.3. The summed E-state index contributed by atoms with van der Waals surface area (Å²) in [6.07, 6.45) is -5.06. The molecule has 0 saturated carbocycles. The number of alkyl halides is 3. The molecule has 24 heavy (non-hydrogen) atoms. The maximum Gasteiger partial charge on any atom is 0.416 e. The summed E-state index contributed by atoms with van der Waals surface area (Å²) in [4.78, 5) is 21.9. The summed E-state index contributed by atoms with van der Waals surface area (Å²) in [5.41, 5.74) is -1.08. The third kappa shape index (κ3) is 4.55.